The van der Waals surface area contributed by atoms with Crippen LogP contribution in [0.25, 0.3) is 0 Å². The van der Waals surface area contributed by atoms with Crippen LogP contribution in [-0.2, 0) is 4.79 Å². The molecule has 1 atom stereocenters. The van der Waals surface area contributed by atoms with E-state index in [1.54, 1.807) is 19.2 Å². The molecule has 0 radical (unpaired) electrons. The molecule has 0 aliphatic carbocycles. The van der Waals surface area contributed by atoms with Crippen molar-refractivity contribution in [2.75, 3.05) is 7.05 Å². The number of carbonyl (C=O) groups is 2. The molecule has 3 rings (SSSR count). The quantitative estimate of drug-likeness (QED) is 0.716. The normalized spacial score (nSPS) is 19.1. The Balaban J connectivity index is 1.73. The molecule has 2 aromatic carbocycles. The molecule has 1 amide bonds. The summed E-state index contributed by atoms with van der Waals surface area (Å²) in [5, 5.41) is 0.202. The van der Waals surface area contributed by atoms with Gasteiger partial charge in [-0.05, 0) is 24.3 Å². The van der Waals surface area contributed by atoms with Crippen LogP contribution in [0.2, 0.25) is 0 Å². The summed E-state index contributed by atoms with van der Waals surface area (Å²) >= 11 is 4.69. The maximum Gasteiger partial charge on any atom is 0.242 e. The van der Waals surface area contributed by atoms with Crippen molar-refractivity contribution < 1.29 is 9.59 Å². The number of nitrogens with zero attached hydrogens (tertiary/aromatic N) is 2. The third kappa shape index (κ3) is 3.76. The Bertz CT molecular complexity index is 790. The number of halogens is 1. The van der Waals surface area contributed by atoms with Gasteiger partial charge in [-0.25, -0.2) is 4.99 Å². The molecule has 0 aromatic heterocycles. The van der Waals surface area contributed by atoms with Crippen molar-refractivity contribution in [2.24, 2.45) is 4.99 Å². The molecule has 1 aliphatic heterocycles. The number of benzene rings is 2. The van der Waals surface area contributed by atoms with E-state index in [0.717, 1.165) is 10.2 Å². The highest BCUT2D eigenvalue weighted by molar-refractivity contribution is 9.10. The van der Waals surface area contributed by atoms with E-state index >= 15 is 0 Å². The minimum Gasteiger partial charge on any atom is -0.294 e. The first-order valence-corrected chi connectivity index (χ1v) is 9.08. The molecular weight excluding hydrogens is 388 g/mol. The predicted molar refractivity (Wildman–Crippen MR) is 101 cm³/mol. The Morgan fingerprint density at radius 1 is 1.17 bits per heavy atom. The Hall–Kier alpha value is -1.92. The summed E-state index contributed by atoms with van der Waals surface area (Å²) in [6.07, 6.45) is 0.170. The molecule has 24 heavy (non-hydrogen) atoms. The Kier molecular flexibility index (Phi) is 5.16. The van der Waals surface area contributed by atoms with Crippen LogP contribution in [0, 0.1) is 0 Å². The zero-order chi connectivity index (χ0) is 17.1. The van der Waals surface area contributed by atoms with Gasteiger partial charge in [-0.1, -0.05) is 58.0 Å². The number of Topliss-reactive ketones (excluding diaryl/α,β-unsaturated/α-hetero) is 1. The van der Waals surface area contributed by atoms with Gasteiger partial charge in [0, 0.05) is 23.5 Å². The highest BCUT2D eigenvalue weighted by atomic mass is 79.9. The minimum absolute atomic E-state index is 0.0392. The molecular formula is C18H15BrN2O2S. The lowest BCUT2D eigenvalue weighted by Crippen LogP contribution is -2.29. The predicted octanol–water partition coefficient (Wildman–Crippen LogP) is 4.28. The first-order chi connectivity index (χ1) is 11.5. The van der Waals surface area contributed by atoms with Crippen molar-refractivity contribution in [2.45, 2.75) is 11.7 Å². The summed E-state index contributed by atoms with van der Waals surface area (Å²) in [5.41, 5.74) is 1.40. The molecule has 122 valence electrons. The molecule has 1 heterocycles. The highest BCUT2D eigenvalue weighted by Crippen LogP contribution is 2.31. The lowest BCUT2D eigenvalue weighted by atomic mass is 10.1. The Morgan fingerprint density at radius 2 is 1.83 bits per heavy atom. The number of ketones is 1. The molecule has 0 bridgehead atoms. The summed E-state index contributed by atoms with van der Waals surface area (Å²) in [7, 11) is 1.70. The van der Waals surface area contributed by atoms with Crippen LogP contribution in [0.4, 0.5) is 5.69 Å². The average Bonchev–Trinajstić information content (AvgIpc) is 2.84. The maximum absolute atomic E-state index is 12.4. The molecule has 0 N–H and O–H groups in total. The summed E-state index contributed by atoms with van der Waals surface area (Å²) in [6, 6.07) is 16.7. The van der Waals surface area contributed by atoms with E-state index in [9.17, 15) is 9.59 Å². The smallest absolute Gasteiger partial charge is 0.242 e. The monoisotopic (exact) mass is 402 g/mol. The van der Waals surface area contributed by atoms with Gasteiger partial charge in [0.2, 0.25) is 5.91 Å². The number of hydrogen-bond acceptors (Lipinski definition) is 4. The maximum atomic E-state index is 12.4. The van der Waals surface area contributed by atoms with Crippen molar-refractivity contribution in [1.82, 2.24) is 4.90 Å². The van der Waals surface area contributed by atoms with E-state index in [2.05, 4.69) is 20.9 Å². The molecule has 0 saturated carbocycles. The largest absolute Gasteiger partial charge is 0.294 e. The van der Waals surface area contributed by atoms with E-state index < -0.39 is 5.25 Å². The first-order valence-electron chi connectivity index (χ1n) is 7.41. The van der Waals surface area contributed by atoms with Crippen molar-refractivity contribution in [3.63, 3.8) is 0 Å². The number of rotatable bonds is 4. The molecule has 6 heteroatoms. The number of hydrogen-bond donors (Lipinski definition) is 0. The van der Waals surface area contributed by atoms with Gasteiger partial charge in [-0.2, -0.15) is 0 Å². The van der Waals surface area contributed by atoms with Gasteiger partial charge >= 0.3 is 0 Å². The molecule has 1 saturated heterocycles. The van der Waals surface area contributed by atoms with Crippen molar-refractivity contribution in [1.29, 1.82) is 0 Å². The topological polar surface area (TPSA) is 49.7 Å². The number of para-hydroxylation sites is 1. The van der Waals surface area contributed by atoms with Gasteiger partial charge < -0.3 is 0 Å². The molecule has 1 fully saturated rings. The number of aliphatic imine (C=N–C) groups is 1. The number of amidine groups is 1. The average molecular weight is 403 g/mol. The molecule has 1 aliphatic rings. The summed E-state index contributed by atoms with van der Waals surface area (Å²) in [5.74, 6) is -0.122. The zero-order valence-electron chi connectivity index (χ0n) is 13.0. The second-order valence-electron chi connectivity index (χ2n) is 5.37. The van der Waals surface area contributed by atoms with Crippen LogP contribution in [0.3, 0.4) is 0 Å². The summed E-state index contributed by atoms with van der Waals surface area (Å²) < 4.78 is 0.919. The zero-order valence-corrected chi connectivity index (χ0v) is 15.4. The molecule has 2 aromatic rings. The van der Waals surface area contributed by atoms with Gasteiger partial charge in [0.1, 0.15) is 0 Å². The van der Waals surface area contributed by atoms with Crippen molar-refractivity contribution >= 4 is 50.2 Å². The molecule has 1 unspecified atom stereocenters. The van der Waals surface area contributed by atoms with E-state index in [1.807, 2.05) is 42.5 Å². The van der Waals surface area contributed by atoms with Gasteiger partial charge in [0.05, 0.1) is 10.9 Å². The minimum atomic E-state index is -0.423. The highest BCUT2D eigenvalue weighted by Gasteiger charge is 2.37. The Morgan fingerprint density at radius 3 is 2.50 bits per heavy atom. The van der Waals surface area contributed by atoms with Crippen LogP contribution in [-0.4, -0.2) is 34.1 Å². The fraction of sp³-hybridized carbons (Fsp3) is 0.167. The van der Waals surface area contributed by atoms with Crippen LogP contribution >= 0.6 is 27.7 Å². The molecule has 4 nitrogen and oxygen atoms in total. The third-order valence-electron chi connectivity index (χ3n) is 3.66. The summed E-state index contributed by atoms with van der Waals surface area (Å²) in [4.78, 5) is 30.8. The van der Waals surface area contributed by atoms with E-state index in [1.165, 1.54) is 16.7 Å². The van der Waals surface area contributed by atoms with Crippen LogP contribution in [0.1, 0.15) is 16.8 Å². The fourth-order valence-electron chi connectivity index (χ4n) is 2.33. The van der Waals surface area contributed by atoms with Crippen LogP contribution < -0.4 is 0 Å². The van der Waals surface area contributed by atoms with Crippen LogP contribution in [0.15, 0.2) is 64.1 Å². The fourth-order valence-corrected chi connectivity index (χ4v) is 3.75. The SMILES string of the molecule is CN1C(=O)C(CC(=O)c2ccc(Br)cc2)SC1=Nc1ccccc1. The third-order valence-corrected chi connectivity index (χ3v) is 5.42. The van der Waals surface area contributed by atoms with Crippen LogP contribution in [0.5, 0.6) is 0 Å². The van der Waals surface area contributed by atoms with Gasteiger partial charge in [-0.3, -0.25) is 14.5 Å². The van der Waals surface area contributed by atoms with E-state index in [-0.39, 0.29) is 18.1 Å². The number of thioether (sulfide) groups is 1. The second-order valence-corrected chi connectivity index (χ2v) is 7.45. The number of carbonyl (C=O) groups excluding carboxylic acids is 2. The lowest BCUT2D eigenvalue weighted by molar-refractivity contribution is -0.125. The van der Waals surface area contributed by atoms with E-state index in [4.69, 9.17) is 0 Å². The first kappa shape index (κ1) is 16.9. The number of amides is 1. The standard InChI is InChI=1S/C18H15BrN2O2S/c1-21-17(23)16(11-15(22)12-7-9-13(19)10-8-12)24-18(21)20-14-5-3-2-4-6-14/h2-10,16H,11H2,1H3. The van der Waals surface area contributed by atoms with Crippen molar-refractivity contribution in [3.8, 4) is 0 Å². The van der Waals surface area contributed by atoms with Gasteiger partial charge in [0.15, 0.2) is 11.0 Å². The molecule has 0 spiro atoms. The van der Waals surface area contributed by atoms with Crippen molar-refractivity contribution in [3.05, 3.63) is 64.6 Å². The second kappa shape index (κ2) is 7.32. The summed E-state index contributed by atoms with van der Waals surface area (Å²) in [6.45, 7) is 0. The van der Waals surface area contributed by atoms with Gasteiger partial charge in [0.25, 0.3) is 0 Å². The Labute approximate surface area is 153 Å². The lowest BCUT2D eigenvalue weighted by Gasteiger charge is -2.08. The van der Waals surface area contributed by atoms with Gasteiger partial charge in [-0.15, -0.1) is 0 Å². The van der Waals surface area contributed by atoms with E-state index in [0.29, 0.717) is 10.7 Å².